The van der Waals surface area contributed by atoms with Gasteiger partial charge in [0.25, 0.3) is 0 Å². The van der Waals surface area contributed by atoms with Gasteiger partial charge in [-0.1, -0.05) is 40.5 Å². The first-order valence-corrected chi connectivity index (χ1v) is 8.92. The molecule has 0 bridgehead atoms. The van der Waals surface area contributed by atoms with Crippen LogP contribution in [0.15, 0.2) is 29.2 Å². The Balaban J connectivity index is 2.29. The summed E-state index contributed by atoms with van der Waals surface area (Å²) in [4.78, 5) is 11.8. The SMILES string of the molecule is Cc1ccc(S(=O)(=O)N2CC[C@@H](C)C(=O)[C@@H](Br)C2)cc1. The first-order valence-electron chi connectivity index (χ1n) is 6.57. The van der Waals surface area contributed by atoms with Crippen molar-refractivity contribution in [2.75, 3.05) is 13.1 Å². The molecular weight excluding hydrogens is 342 g/mol. The highest BCUT2D eigenvalue weighted by Crippen LogP contribution is 2.24. The summed E-state index contributed by atoms with van der Waals surface area (Å²) in [5.41, 5.74) is 1.02. The van der Waals surface area contributed by atoms with Crippen molar-refractivity contribution >= 4 is 31.7 Å². The van der Waals surface area contributed by atoms with Gasteiger partial charge in [-0.2, -0.15) is 4.31 Å². The van der Waals surface area contributed by atoms with Crippen molar-refractivity contribution in [2.24, 2.45) is 5.92 Å². The van der Waals surface area contributed by atoms with E-state index < -0.39 is 14.9 Å². The minimum absolute atomic E-state index is 0.0756. The standard InChI is InChI=1S/C14H18BrNO3S/c1-10-3-5-12(6-4-10)20(18,19)16-8-7-11(2)14(17)13(15)9-16/h3-6,11,13H,7-9H2,1-2H3/t11-,13+/m1/s1. The zero-order valence-electron chi connectivity index (χ0n) is 11.5. The van der Waals surface area contributed by atoms with Gasteiger partial charge in [-0.25, -0.2) is 8.42 Å². The maximum Gasteiger partial charge on any atom is 0.243 e. The van der Waals surface area contributed by atoms with Crippen LogP contribution in [0.5, 0.6) is 0 Å². The van der Waals surface area contributed by atoms with Crippen molar-refractivity contribution in [1.29, 1.82) is 0 Å². The summed E-state index contributed by atoms with van der Waals surface area (Å²) in [6.07, 6.45) is 0.562. The molecule has 4 nitrogen and oxygen atoms in total. The summed E-state index contributed by atoms with van der Waals surface area (Å²) in [7, 11) is -3.53. The van der Waals surface area contributed by atoms with Gasteiger partial charge in [-0.3, -0.25) is 4.79 Å². The van der Waals surface area contributed by atoms with E-state index in [-0.39, 0.29) is 23.1 Å². The number of halogens is 1. The first kappa shape index (κ1) is 15.7. The molecule has 0 amide bonds. The number of ketones is 1. The number of hydrogen-bond donors (Lipinski definition) is 0. The third-order valence-corrected chi connectivity index (χ3v) is 6.25. The fourth-order valence-electron chi connectivity index (χ4n) is 2.23. The van der Waals surface area contributed by atoms with Gasteiger partial charge in [0.05, 0.1) is 9.72 Å². The van der Waals surface area contributed by atoms with Crippen LogP contribution in [0, 0.1) is 12.8 Å². The average molecular weight is 360 g/mol. The lowest BCUT2D eigenvalue weighted by molar-refractivity contribution is -0.121. The minimum Gasteiger partial charge on any atom is -0.298 e. The van der Waals surface area contributed by atoms with Crippen LogP contribution in [0.1, 0.15) is 18.9 Å². The molecule has 0 N–H and O–H groups in total. The molecular formula is C14H18BrNO3S. The van der Waals surface area contributed by atoms with Gasteiger partial charge in [-0.05, 0) is 25.5 Å². The quantitative estimate of drug-likeness (QED) is 0.761. The third kappa shape index (κ3) is 3.13. The lowest BCUT2D eigenvalue weighted by atomic mass is 10.0. The Morgan fingerprint density at radius 1 is 1.25 bits per heavy atom. The van der Waals surface area contributed by atoms with Crippen LogP contribution in [-0.4, -0.2) is 36.4 Å². The summed E-state index contributed by atoms with van der Waals surface area (Å²) in [6, 6.07) is 6.79. The second-order valence-electron chi connectivity index (χ2n) is 5.24. The van der Waals surface area contributed by atoms with Gasteiger partial charge < -0.3 is 0 Å². The molecule has 1 aliphatic rings. The molecule has 2 rings (SSSR count). The molecule has 0 radical (unpaired) electrons. The smallest absolute Gasteiger partial charge is 0.243 e. The van der Waals surface area contributed by atoms with Crippen molar-refractivity contribution in [3.63, 3.8) is 0 Å². The van der Waals surface area contributed by atoms with E-state index in [1.165, 1.54) is 4.31 Å². The molecule has 110 valence electrons. The van der Waals surface area contributed by atoms with Gasteiger partial charge in [0.1, 0.15) is 0 Å². The fraction of sp³-hybridized carbons (Fsp3) is 0.500. The molecule has 1 heterocycles. The summed E-state index contributed by atoms with van der Waals surface area (Å²) in [6.45, 7) is 4.33. The number of rotatable bonds is 2. The topological polar surface area (TPSA) is 54.5 Å². The van der Waals surface area contributed by atoms with E-state index in [0.29, 0.717) is 13.0 Å². The second-order valence-corrected chi connectivity index (χ2v) is 8.28. The molecule has 1 aromatic rings. The van der Waals surface area contributed by atoms with Gasteiger partial charge in [0.15, 0.2) is 5.78 Å². The lowest BCUT2D eigenvalue weighted by Crippen LogP contribution is -2.36. The monoisotopic (exact) mass is 359 g/mol. The zero-order chi connectivity index (χ0) is 14.9. The Bertz CT molecular complexity index is 597. The average Bonchev–Trinajstić information content (AvgIpc) is 2.53. The number of carbonyl (C=O) groups excluding carboxylic acids is 1. The molecule has 0 saturated carbocycles. The van der Waals surface area contributed by atoms with Gasteiger partial charge in [-0.15, -0.1) is 0 Å². The van der Waals surface area contributed by atoms with E-state index in [1.54, 1.807) is 24.3 Å². The molecule has 1 saturated heterocycles. The summed E-state index contributed by atoms with van der Waals surface area (Å²) in [5, 5.41) is 0. The van der Waals surface area contributed by atoms with Crippen LogP contribution in [0.3, 0.4) is 0 Å². The Morgan fingerprint density at radius 3 is 2.45 bits per heavy atom. The number of benzene rings is 1. The van der Waals surface area contributed by atoms with Crippen LogP contribution >= 0.6 is 15.9 Å². The maximum atomic E-state index is 12.6. The van der Waals surface area contributed by atoms with E-state index in [1.807, 2.05) is 13.8 Å². The minimum atomic E-state index is -3.53. The molecule has 2 atom stereocenters. The van der Waals surface area contributed by atoms with Crippen LogP contribution in [0.25, 0.3) is 0 Å². The number of nitrogens with zero attached hydrogens (tertiary/aromatic N) is 1. The number of hydrogen-bond acceptors (Lipinski definition) is 3. The maximum absolute atomic E-state index is 12.6. The Kier molecular flexibility index (Phi) is 4.66. The van der Waals surface area contributed by atoms with E-state index in [2.05, 4.69) is 15.9 Å². The highest BCUT2D eigenvalue weighted by Gasteiger charge is 2.34. The summed E-state index contributed by atoms with van der Waals surface area (Å²) < 4.78 is 26.6. The first-order chi connectivity index (χ1) is 9.32. The summed E-state index contributed by atoms with van der Waals surface area (Å²) in [5.74, 6) is -0.0378. The molecule has 20 heavy (non-hydrogen) atoms. The Labute approximate surface area is 128 Å². The van der Waals surface area contributed by atoms with E-state index in [4.69, 9.17) is 0 Å². The second kappa shape index (κ2) is 5.95. The Morgan fingerprint density at radius 2 is 1.85 bits per heavy atom. The number of aryl methyl sites for hydroxylation is 1. The van der Waals surface area contributed by atoms with Crippen LogP contribution in [0.4, 0.5) is 0 Å². The molecule has 0 spiro atoms. The van der Waals surface area contributed by atoms with E-state index in [9.17, 15) is 13.2 Å². The van der Waals surface area contributed by atoms with Gasteiger partial charge in [0.2, 0.25) is 10.0 Å². The molecule has 0 aliphatic carbocycles. The van der Waals surface area contributed by atoms with E-state index >= 15 is 0 Å². The highest BCUT2D eigenvalue weighted by molar-refractivity contribution is 9.10. The molecule has 1 fully saturated rings. The van der Waals surface area contributed by atoms with Gasteiger partial charge in [0, 0.05) is 19.0 Å². The largest absolute Gasteiger partial charge is 0.298 e. The molecule has 0 aromatic heterocycles. The van der Waals surface area contributed by atoms with Crippen molar-refractivity contribution in [2.45, 2.75) is 30.0 Å². The fourth-order valence-corrected chi connectivity index (χ4v) is 4.69. The van der Waals surface area contributed by atoms with E-state index in [0.717, 1.165) is 5.56 Å². The van der Waals surface area contributed by atoms with Gasteiger partial charge >= 0.3 is 0 Å². The normalized spacial score (nSPS) is 25.4. The third-order valence-electron chi connectivity index (χ3n) is 3.63. The van der Waals surface area contributed by atoms with Crippen LogP contribution in [0.2, 0.25) is 0 Å². The number of sulfonamides is 1. The lowest BCUT2D eigenvalue weighted by Gasteiger charge is -2.21. The van der Waals surface area contributed by atoms with Crippen molar-refractivity contribution < 1.29 is 13.2 Å². The number of Topliss-reactive ketones (excluding diaryl/α,β-unsaturated/α-hetero) is 1. The van der Waals surface area contributed by atoms with Crippen molar-refractivity contribution in [1.82, 2.24) is 4.31 Å². The predicted molar refractivity (Wildman–Crippen MR) is 81.4 cm³/mol. The zero-order valence-corrected chi connectivity index (χ0v) is 13.9. The van der Waals surface area contributed by atoms with Crippen molar-refractivity contribution in [3.8, 4) is 0 Å². The van der Waals surface area contributed by atoms with Crippen LogP contribution < -0.4 is 0 Å². The van der Waals surface area contributed by atoms with Crippen molar-refractivity contribution in [3.05, 3.63) is 29.8 Å². The summed E-state index contributed by atoms with van der Waals surface area (Å²) >= 11 is 3.31. The van der Waals surface area contributed by atoms with Crippen LogP contribution in [-0.2, 0) is 14.8 Å². The molecule has 0 unspecified atom stereocenters. The predicted octanol–water partition coefficient (Wildman–Crippen LogP) is 2.36. The Hall–Kier alpha value is -0.720. The molecule has 6 heteroatoms. The molecule has 1 aromatic carbocycles. The molecule has 1 aliphatic heterocycles. The number of alkyl halides is 1. The number of carbonyl (C=O) groups is 1. The highest BCUT2D eigenvalue weighted by atomic mass is 79.9.